The minimum atomic E-state index is -2.85. The van der Waals surface area contributed by atoms with Crippen molar-refractivity contribution >= 4 is 5.71 Å². The molecule has 0 unspecified atom stereocenters. The molecule has 2 aromatic rings. The smallest absolute Gasteiger partial charge is 0.387 e. The van der Waals surface area contributed by atoms with E-state index in [0.29, 0.717) is 17.2 Å². The Morgan fingerprint density at radius 1 is 0.952 bits per heavy atom. The van der Waals surface area contributed by atoms with Gasteiger partial charge in [-0.3, -0.25) is 0 Å². The Morgan fingerprint density at radius 2 is 1.43 bits per heavy atom. The number of halogens is 2. The Morgan fingerprint density at radius 3 is 1.90 bits per heavy atom. The third-order valence-corrected chi connectivity index (χ3v) is 2.71. The fourth-order valence-electron chi connectivity index (χ4n) is 1.65. The lowest BCUT2D eigenvalue weighted by Crippen LogP contribution is -2.01. The van der Waals surface area contributed by atoms with E-state index in [-0.39, 0.29) is 5.75 Å². The summed E-state index contributed by atoms with van der Waals surface area (Å²) in [6.07, 6.45) is 0. The molecule has 6 heteroatoms. The van der Waals surface area contributed by atoms with Crippen molar-refractivity contribution in [1.29, 1.82) is 0 Å². The van der Waals surface area contributed by atoms with Crippen molar-refractivity contribution in [2.45, 2.75) is 13.5 Å². The molecular formula is C15H13F2NO3. The first-order valence-electron chi connectivity index (χ1n) is 6.10. The van der Waals surface area contributed by atoms with E-state index < -0.39 is 6.61 Å². The van der Waals surface area contributed by atoms with E-state index in [0.717, 1.165) is 5.56 Å². The van der Waals surface area contributed by atoms with Gasteiger partial charge in [-0.25, -0.2) is 0 Å². The molecule has 0 saturated heterocycles. The monoisotopic (exact) mass is 293 g/mol. The van der Waals surface area contributed by atoms with Gasteiger partial charge in [0.1, 0.15) is 17.2 Å². The summed E-state index contributed by atoms with van der Waals surface area (Å²) in [4.78, 5) is 0. The Hall–Kier alpha value is -2.63. The van der Waals surface area contributed by atoms with Gasteiger partial charge < -0.3 is 14.7 Å². The summed E-state index contributed by atoms with van der Waals surface area (Å²) in [5.74, 6) is 1.14. The molecule has 0 aromatic heterocycles. The third kappa shape index (κ3) is 4.17. The van der Waals surface area contributed by atoms with E-state index in [1.165, 1.54) is 24.3 Å². The van der Waals surface area contributed by atoms with Crippen LogP contribution in [0.4, 0.5) is 8.78 Å². The third-order valence-electron chi connectivity index (χ3n) is 2.71. The largest absolute Gasteiger partial charge is 0.457 e. The van der Waals surface area contributed by atoms with Crippen LogP contribution in [0.3, 0.4) is 0 Å². The van der Waals surface area contributed by atoms with Crippen LogP contribution in [0.25, 0.3) is 0 Å². The lowest BCUT2D eigenvalue weighted by Gasteiger charge is -2.08. The molecule has 21 heavy (non-hydrogen) atoms. The summed E-state index contributed by atoms with van der Waals surface area (Å²) in [6.45, 7) is -1.17. The van der Waals surface area contributed by atoms with Crippen LogP contribution >= 0.6 is 0 Å². The molecule has 0 aliphatic carbocycles. The molecule has 0 bridgehead atoms. The quantitative estimate of drug-likeness (QED) is 0.508. The highest BCUT2D eigenvalue weighted by atomic mass is 19.3. The van der Waals surface area contributed by atoms with Gasteiger partial charge in [0.15, 0.2) is 0 Å². The lowest BCUT2D eigenvalue weighted by molar-refractivity contribution is -0.0498. The maximum atomic E-state index is 12.0. The Labute approximate surface area is 120 Å². The van der Waals surface area contributed by atoms with Crippen molar-refractivity contribution in [3.05, 3.63) is 54.1 Å². The fourth-order valence-corrected chi connectivity index (χ4v) is 1.65. The first kappa shape index (κ1) is 14.8. The zero-order chi connectivity index (χ0) is 15.2. The number of benzene rings is 2. The minimum Gasteiger partial charge on any atom is -0.457 e. The number of nitrogens with zero attached hydrogens (tertiary/aromatic N) is 1. The highest BCUT2D eigenvalue weighted by Crippen LogP contribution is 2.24. The molecule has 0 radical (unpaired) electrons. The van der Waals surface area contributed by atoms with Crippen molar-refractivity contribution in [2.24, 2.45) is 5.16 Å². The maximum Gasteiger partial charge on any atom is 0.387 e. The standard InChI is InChI=1S/C15H13F2NO3/c1-10(18-19)11-2-4-12(5-3-11)20-13-6-8-14(9-7-13)21-15(16)17/h2-9,15,19H,1H3/b18-10+. The lowest BCUT2D eigenvalue weighted by atomic mass is 10.1. The molecule has 0 aliphatic heterocycles. The average molecular weight is 293 g/mol. The predicted octanol–water partition coefficient (Wildman–Crippen LogP) is 4.28. The normalized spacial score (nSPS) is 11.5. The van der Waals surface area contributed by atoms with Crippen LogP contribution in [-0.4, -0.2) is 17.5 Å². The second-order valence-corrected chi connectivity index (χ2v) is 4.16. The number of hydrogen-bond acceptors (Lipinski definition) is 4. The molecule has 0 atom stereocenters. The summed E-state index contributed by atoms with van der Waals surface area (Å²) in [5, 5.41) is 11.8. The molecule has 0 aliphatic rings. The first-order valence-corrected chi connectivity index (χ1v) is 6.10. The minimum absolute atomic E-state index is 0.0717. The number of hydrogen-bond donors (Lipinski definition) is 1. The summed E-state index contributed by atoms with van der Waals surface area (Å²) in [7, 11) is 0. The molecule has 2 rings (SSSR count). The first-order chi connectivity index (χ1) is 10.1. The van der Waals surface area contributed by atoms with E-state index in [2.05, 4.69) is 9.89 Å². The molecule has 2 aromatic carbocycles. The summed E-state index contributed by atoms with van der Waals surface area (Å²) in [6, 6.07) is 12.8. The molecule has 4 nitrogen and oxygen atoms in total. The zero-order valence-electron chi connectivity index (χ0n) is 11.2. The van der Waals surface area contributed by atoms with Crippen molar-refractivity contribution < 1.29 is 23.5 Å². The molecule has 1 N–H and O–H groups in total. The molecule has 0 fully saturated rings. The summed E-state index contributed by atoms with van der Waals surface area (Å²) >= 11 is 0. The highest BCUT2D eigenvalue weighted by Gasteiger charge is 2.05. The SMILES string of the molecule is C/C(=N\O)c1ccc(Oc2ccc(OC(F)F)cc2)cc1. The number of oxime groups is 1. The van der Waals surface area contributed by atoms with E-state index in [4.69, 9.17) is 9.94 Å². The average Bonchev–Trinajstić information content (AvgIpc) is 2.49. The summed E-state index contributed by atoms with van der Waals surface area (Å²) in [5.41, 5.74) is 1.26. The van der Waals surface area contributed by atoms with Crippen molar-refractivity contribution in [2.75, 3.05) is 0 Å². The topological polar surface area (TPSA) is 51.1 Å². The fraction of sp³-hybridized carbons (Fsp3) is 0.133. The van der Waals surface area contributed by atoms with Gasteiger partial charge in [-0.05, 0) is 61.0 Å². The molecule has 0 spiro atoms. The predicted molar refractivity (Wildman–Crippen MR) is 73.6 cm³/mol. The van der Waals surface area contributed by atoms with Crippen molar-refractivity contribution in [3.8, 4) is 17.2 Å². The van der Waals surface area contributed by atoms with Gasteiger partial charge in [-0.2, -0.15) is 8.78 Å². The van der Waals surface area contributed by atoms with Crippen LogP contribution in [0.15, 0.2) is 53.7 Å². The molecule has 0 saturated carbocycles. The van der Waals surface area contributed by atoms with Crippen LogP contribution < -0.4 is 9.47 Å². The van der Waals surface area contributed by atoms with Crippen molar-refractivity contribution in [3.63, 3.8) is 0 Å². The molecule has 110 valence electrons. The van der Waals surface area contributed by atoms with Crippen LogP contribution in [-0.2, 0) is 0 Å². The van der Waals surface area contributed by atoms with Crippen molar-refractivity contribution in [1.82, 2.24) is 0 Å². The van der Waals surface area contributed by atoms with Crippen LogP contribution in [0, 0.1) is 0 Å². The number of rotatable bonds is 5. The molecule has 0 heterocycles. The zero-order valence-corrected chi connectivity index (χ0v) is 11.2. The van der Waals surface area contributed by atoms with Gasteiger partial charge in [0.05, 0.1) is 5.71 Å². The van der Waals surface area contributed by atoms with E-state index in [9.17, 15) is 8.78 Å². The second-order valence-electron chi connectivity index (χ2n) is 4.16. The highest BCUT2D eigenvalue weighted by molar-refractivity contribution is 5.98. The Kier molecular flexibility index (Phi) is 4.71. The summed E-state index contributed by atoms with van der Waals surface area (Å²) < 4.78 is 33.8. The van der Waals surface area contributed by atoms with Gasteiger partial charge in [0, 0.05) is 0 Å². The number of alkyl halides is 2. The van der Waals surface area contributed by atoms with E-state index in [1.54, 1.807) is 31.2 Å². The maximum absolute atomic E-state index is 12.0. The Balaban J connectivity index is 2.04. The molecular weight excluding hydrogens is 280 g/mol. The second kappa shape index (κ2) is 6.69. The molecule has 0 amide bonds. The van der Waals surface area contributed by atoms with Crippen LogP contribution in [0.5, 0.6) is 17.2 Å². The Bertz CT molecular complexity index is 610. The van der Waals surface area contributed by atoms with Gasteiger partial charge in [-0.15, -0.1) is 0 Å². The van der Waals surface area contributed by atoms with Crippen LogP contribution in [0.2, 0.25) is 0 Å². The van der Waals surface area contributed by atoms with Crippen LogP contribution in [0.1, 0.15) is 12.5 Å². The van der Waals surface area contributed by atoms with E-state index in [1.807, 2.05) is 0 Å². The van der Waals surface area contributed by atoms with Gasteiger partial charge >= 0.3 is 6.61 Å². The number of ether oxygens (including phenoxy) is 2. The van der Waals surface area contributed by atoms with Gasteiger partial charge in [-0.1, -0.05) is 5.16 Å². The van der Waals surface area contributed by atoms with Gasteiger partial charge in [0.2, 0.25) is 0 Å². The van der Waals surface area contributed by atoms with Gasteiger partial charge in [0.25, 0.3) is 0 Å². The van der Waals surface area contributed by atoms with E-state index >= 15 is 0 Å².